The van der Waals surface area contributed by atoms with Crippen molar-refractivity contribution < 1.29 is 4.74 Å². The summed E-state index contributed by atoms with van der Waals surface area (Å²) in [6.07, 6.45) is 2.47. The second-order valence-electron chi connectivity index (χ2n) is 6.67. The summed E-state index contributed by atoms with van der Waals surface area (Å²) in [6, 6.07) is 7.78. The summed E-state index contributed by atoms with van der Waals surface area (Å²) >= 11 is 5.35. The van der Waals surface area contributed by atoms with Gasteiger partial charge in [-0.2, -0.15) is 0 Å². The Morgan fingerprint density at radius 1 is 1.30 bits per heavy atom. The van der Waals surface area contributed by atoms with E-state index in [1.807, 2.05) is 24.3 Å². The van der Waals surface area contributed by atoms with Crippen LogP contribution < -0.4 is 15.4 Å². The highest BCUT2D eigenvalue weighted by molar-refractivity contribution is 7.80. The average Bonchev–Trinajstić information content (AvgIpc) is 2.51. The Morgan fingerprint density at radius 3 is 2.74 bits per heavy atom. The Hall–Kier alpha value is -1.33. The van der Waals surface area contributed by atoms with Crippen molar-refractivity contribution >= 4 is 23.0 Å². The molecule has 0 spiro atoms. The molecule has 1 heterocycles. The molecule has 1 saturated heterocycles. The smallest absolute Gasteiger partial charge is 0.170 e. The number of piperidine rings is 1. The molecule has 0 amide bonds. The molecule has 0 aromatic heterocycles. The van der Waals surface area contributed by atoms with E-state index in [0.717, 1.165) is 42.8 Å². The molecule has 0 unspecified atom stereocenters. The largest absolute Gasteiger partial charge is 0.497 e. The number of methoxy groups -OCH3 is 1. The van der Waals surface area contributed by atoms with Crippen molar-refractivity contribution in [2.45, 2.75) is 26.7 Å². The van der Waals surface area contributed by atoms with E-state index in [0.29, 0.717) is 5.11 Å². The third-order valence-corrected chi connectivity index (χ3v) is 4.46. The number of thiocarbonyl (C=S) groups is 1. The molecule has 2 atom stereocenters. The Bertz CT molecular complexity index is 499. The molecule has 2 N–H and O–H groups in total. The Morgan fingerprint density at radius 2 is 2.04 bits per heavy atom. The van der Waals surface area contributed by atoms with Gasteiger partial charge in [0.25, 0.3) is 0 Å². The number of hydrogen-bond donors (Lipinski definition) is 2. The maximum absolute atomic E-state index is 5.35. The van der Waals surface area contributed by atoms with Crippen molar-refractivity contribution in [3.05, 3.63) is 24.3 Å². The molecular weight excluding hydrogens is 306 g/mol. The molecule has 1 aromatic carbocycles. The zero-order valence-electron chi connectivity index (χ0n) is 14.5. The zero-order valence-corrected chi connectivity index (χ0v) is 15.3. The number of likely N-dealkylation sites (tertiary alicyclic amines) is 1. The predicted octanol–water partition coefficient (Wildman–Crippen LogP) is 3.35. The Kier molecular flexibility index (Phi) is 7.12. The van der Waals surface area contributed by atoms with Gasteiger partial charge in [-0.1, -0.05) is 19.9 Å². The normalized spacial score (nSPS) is 21.7. The van der Waals surface area contributed by atoms with Crippen molar-refractivity contribution in [1.82, 2.24) is 10.2 Å². The van der Waals surface area contributed by atoms with Gasteiger partial charge in [0.1, 0.15) is 5.75 Å². The quantitative estimate of drug-likeness (QED) is 0.616. The van der Waals surface area contributed by atoms with E-state index >= 15 is 0 Å². The van der Waals surface area contributed by atoms with Crippen LogP contribution >= 0.6 is 12.2 Å². The van der Waals surface area contributed by atoms with E-state index in [1.54, 1.807) is 7.11 Å². The van der Waals surface area contributed by atoms with Crippen LogP contribution in [-0.4, -0.2) is 43.3 Å². The summed E-state index contributed by atoms with van der Waals surface area (Å²) in [5.74, 6) is 2.47. The SMILES string of the molecule is COc1cccc(NC(=S)NCCCN2C[C@H](C)C[C@H](C)C2)c1. The van der Waals surface area contributed by atoms with Crippen molar-refractivity contribution in [2.24, 2.45) is 11.8 Å². The molecule has 1 aliphatic heterocycles. The van der Waals surface area contributed by atoms with E-state index in [-0.39, 0.29) is 0 Å². The molecule has 0 radical (unpaired) electrons. The summed E-state index contributed by atoms with van der Waals surface area (Å²) < 4.78 is 5.21. The molecule has 1 aromatic rings. The lowest BCUT2D eigenvalue weighted by Gasteiger charge is -2.35. The molecule has 0 bridgehead atoms. The highest BCUT2D eigenvalue weighted by atomic mass is 32.1. The number of anilines is 1. The zero-order chi connectivity index (χ0) is 16.7. The summed E-state index contributed by atoms with van der Waals surface area (Å²) in [5.41, 5.74) is 0.945. The highest BCUT2D eigenvalue weighted by Gasteiger charge is 2.20. The first kappa shape index (κ1) is 18.0. The van der Waals surface area contributed by atoms with Crippen molar-refractivity contribution in [1.29, 1.82) is 0 Å². The molecule has 0 saturated carbocycles. The van der Waals surface area contributed by atoms with E-state index in [2.05, 4.69) is 29.4 Å². The molecule has 4 nitrogen and oxygen atoms in total. The first-order valence-corrected chi connectivity index (χ1v) is 8.89. The summed E-state index contributed by atoms with van der Waals surface area (Å²) in [6.45, 7) is 9.22. The lowest BCUT2D eigenvalue weighted by Crippen LogP contribution is -2.40. The summed E-state index contributed by atoms with van der Waals surface area (Å²) in [7, 11) is 1.66. The lowest BCUT2D eigenvalue weighted by molar-refractivity contribution is 0.140. The maximum Gasteiger partial charge on any atom is 0.170 e. The van der Waals surface area contributed by atoms with Crippen LogP contribution in [0, 0.1) is 11.8 Å². The van der Waals surface area contributed by atoms with Gasteiger partial charge in [-0.25, -0.2) is 0 Å². The van der Waals surface area contributed by atoms with Gasteiger partial charge >= 0.3 is 0 Å². The van der Waals surface area contributed by atoms with Crippen LogP contribution in [0.2, 0.25) is 0 Å². The van der Waals surface area contributed by atoms with Crippen molar-refractivity contribution in [2.75, 3.05) is 38.6 Å². The van der Waals surface area contributed by atoms with Crippen LogP contribution in [0.5, 0.6) is 5.75 Å². The fraction of sp³-hybridized carbons (Fsp3) is 0.611. The van der Waals surface area contributed by atoms with Crippen LogP contribution in [0.4, 0.5) is 5.69 Å². The van der Waals surface area contributed by atoms with Gasteiger partial charge in [0.05, 0.1) is 7.11 Å². The number of rotatable bonds is 6. The molecule has 1 aliphatic rings. The van der Waals surface area contributed by atoms with Gasteiger partial charge in [0.15, 0.2) is 5.11 Å². The molecule has 1 fully saturated rings. The highest BCUT2D eigenvalue weighted by Crippen LogP contribution is 2.20. The second-order valence-corrected chi connectivity index (χ2v) is 7.08. The van der Waals surface area contributed by atoms with E-state index in [1.165, 1.54) is 19.5 Å². The van der Waals surface area contributed by atoms with E-state index in [9.17, 15) is 0 Å². The number of nitrogens with zero attached hydrogens (tertiary/aromatic N) is 1. The molecule has 2 rings (SSSR count). The third-order valence-electron chi connectivity index (χ3n) is 4.21. The van der Waals surface area contributed by atoms with E-state index in [4.69, 9.17) is 17.0 Å². The molecular formula is C18H29N3OS. The standard InChI is InChI=1S/C18H29N3OS/c1-14-10-15(2)13-21(12-14)9-5-8-19-18(23)20-16-6-4-7-17(11-16)22-3/h4,6-7,11,14-15H,5,8-10,12-13H2,1-3H3,(H2,19,20,23)/t14-,15+. The minimum Gasteiger partial charge on any atom is -0.497 e. The van der Waals surface area contributed by atoms with Crippen molar-refractivity contribution in [3.63, 3.8) is 0 Å². The van der Waals surface area contributed by atoms with Gasteiger partial charge in [-0.3, -0.25) is 0 Å². The Labute approximate surface area is 145 Å². The number of ether oxygens (including phenoxy) is 1. The van der Waals surface area contributed by atoms with Gasteiger partial charge in [0, 0.05) is 31.4 Å². The first-order valence-electron chi connectivity index (χ1n) is 8.48. The number of benzene rings is 1. The minimum absolute atomic E-state index is 0.665. The van der Waals surface area contributed by atoms with Crippen molar-refractivity contribution in [3.8, 4) is 5.75 Å². The van der Waals surface area contributed by atoms with Crippen LogP contribution in [-0.2, 0) is 0 Å². The monoisotopic (exact) mass is 335 g/mol. The van der Waals surface area contributed by atoms with Crippen LogP contribution in [0.3, 0.4) is 0 Å². The van der Waals surface area contributed by atoms with Gasteiger partial charge in [-0.05, 0) is 55.6 Å². The fourth-order valence-corrected chi connectivity index (χ4v) is 3.58. The van der Waals surface area contributed by atoms with Gasteiger partial charge in [0.2, 0.25) is 0 Å². The first-order chi connectivity index (χ1) is 11.1. The lowest BCUT2D eigenvalue weighted by atomic mass is 9.92. The molecule has 0 aliphatic carbocycles. The van der Waals surface area contributed by atoms with Crippen LogP contribution in [0.25, 0.3) is 0 Å². The second kappa shape index (κ2) is 9.08. The molecule has 128 valence electrons. The average molecular weight is 336 g/mol. The molecule has 23 heavy (non-hydrogen) atoms. The Balaban J connectivity index is 1.64. The minimum atomic E-state index is 0.665. The van der Waals surface area contributed by atoms with Crippen LogP contribution in [0.1, 0.15) is 26.7 Å². The topological polar surface area (TPSA) is 36.5 Å². The van der Waals surface area contributed by atoms with E-state index < -0.39 is 0 Å². The van der Waals surface area contributed by atoms with Gasteiger partial charge < -0.3 is 20.3 Å². The number of hydrogen-bond acceptors (Lipinski definition) is 3. The fourth-order valence-electron chi connectivity index (χ4n) is 3.36. The number of nitrogens with one attached hydrogen (secondary N) is 2. The summed E-state index contributed by atoms with van der Waals surface area (Å²) in [5, 5.41) is 7.14. The maximum atomic E-state index is 5.35. The third kappa shape index (κ3) is 6.36. The van der Waals surface area contributed by atoms with Crippen LogP contribution in [0.15, 0.2) is 24.3 Å². The predicted molar refractivity (Wildman–Crippen MR) is 101 cm³/mol. The molecule has 5 heteroatoms. The van der Waals surface area contributed by atoms with Gasteiger partial charge in [-0.15, -0.1) is 0 Å². The summed E-state index contributed by atoms with van der Waals surface area (Å²) in [4.78, 5) is 2.58.